The summed E-state index contributed by atoms with van der Waals surface area (Å²) in [6, 6.07) is 19.8. The normalized spacial score (nSPS) is 12.2. The summed E-state index contributed by atoms with van der Waals surface area (Å²) in [4.78, 5) is 17.3. The maximum Gasteiger partial charge on any atom is 0.530 e. The third kappa shape index (κ3) is 12.8. The molecule has 1 amide bonds. The van der Waals surface area contributed by atoms with E-state index in [4.69, 9.17) is 23.0 Å². The van der Waals surface area contributed by atoms with Crippen molar-refractivity contribution in [1.82, 2.24) is 4.98 Å². The lowest BCUT2D eigenvalue weighted by Gasteiger charge is -2.23. The molecule has 0 saturated carbocycles. The molecule has 238 valence electrons. The first-order chi connectivity index (χ1) is 20.8. The molecule has 0 saturated heterocycles. The largest absolute Gasteiger partial charge is 0.530 e. The molecule has 2 aromatic carbocycles. The average molecular weight is 657 g/mol. The smallest absolute Gasteiger partial charge is 0.497 e. The SMILES string of the molecule is COc1ccc(OP(=O)(OCC[Si](C)(C)C)OCC[Si](C)(C)C)c(COC(=O)Nc2cccnc2C=Cc2ccccc2)c1. The number of nitrogens with zero attached hydrogens (tertiary/aromatic N) is 1. The summed E-state index contributed by atoms with van der Waals surface area (Å²) in [5.41, 5.74) is 2.51. The van der Waals surface area contributed by atoms with Gasteiger partial charge in [-0.3, -0.25) is 19.3 Å². The van der Waals surface area contributed by atoms with E-state index in [0.717, 1.165) is 17.7 Å². The van der Waals surface area contributed by atoms with Gasteiger partial charge in [0.15, 0.2) is 0 Å². The van der Waals surface area contributed by atoms with Crippen molar-refractivity contribution in [3.8, 4) is 11.5 Å². The molecule has 0 unspecified atom stereocenters. The summed E-state index contributed by atoms with van der Waals surface area (Å²) >= 11 is 0. The van der Waals surface area contributed by atoms with Gasteiger partial charge in [0, 0.05) is 27.9 Å². The van der Waals surface area contributed by atoms with Crippen LogP contribution < -0.4 is 14.6 Å². The Morgan fingerprint density at radius 2 is 1.55 bits per heavy atom. The fourth-order valence-electron chi connectivity index (χ4n) is 3.71. The van der Waals surface area contributed by atoms with E-state index in [0.29, 0.717) is 22.7 Å². The number of hydrogen-bond acceptors (Lipinski definition) is 8. The first-order valence-electron chi connectivity index (χ1n) is 14.6. The molecule has 44 heavy (non-hydrogen) atoms. The van der Waals surface area contributed by atoms with Crippen LogP contribution in [0.15, 0.2) is 66.9 Å². The fourth-order valence-corrected chi connectivity index (χ4v) is 6.71. The van der Waals surface area contributed by atoms with Gasteiger partial charge < -0.3 is 14.0 Å². The van der Waals surface area contributed by atoms with Crippen LogP contribution in [0.2, 0.25) is 51.4 Å². The molecule has 3 rings (SSSR count). The van der Waals surface area contributed by atoms with Crippen molar-refractivity contribution in [2.45, 2.75) is 58.0 Å². The zero-order valence-electron chi connectivity index (χ0n) is 26.8. The minimum Gasteiger partial charge on any atom is -0.497 e. The van der Waals surface area contributed by atoms with Crippen molar-refractivity contribution in [3.05, 3.63) is 83.7 Å². The summed E-state index contributed by atoms with van der Waals surface area (Å²) in [7, 11) is -5.36. The molecule has 0 fully saturated rings. The molecule has 1 aromatic heterocycles. The number of pyridine rings is 1. The number of benzene rings is 2. The number of ether oxygens (including phenoxy) is 2. The van der Waals surface area contributed by atoms with Gasteiger partial charge in [0.2, 0.25) is 0 Å². The van der Waals surface area contributed by atoms with Crippen molar-refractivity contribution < 1.29 is 32.4 Å². The number of phosphoric ester groups is 1. The number of hydrogen-bond donors (Lipinski definition) is 1. The van der Waals surface area contributed by atoms with Gasteiger partial charge in [-0.2, -0.15) is 0 Å². The van der Waals surface area contributed by atoms with E-state index in [1.54, 1.807) is 36.5 Å². The predicted molar refractivity (Wildman–Crippen MR) is 183 cm³/mol. The number of amides is 1. The Kier molecular flexibility index (Phi) is 13.0. The first-order valence-corrected chi connectivity index (χ1v) is 23.5. The molecular formula is C32H45N2O7PSi2. The van der Waals surface area contributed by atoms with Gasteiger partial charge in [0.25, 0.3) is 0 Å². The highest BCUT2D eigenvalue weighted by atomic mass is 31.2. The van der Waals surface area contributed by atoms with Crippen LogP contribution in [0, 0.1) is 0 Å². The summed E-state index contributed by atoms with van der Waals surface area (Å²) < 4.78 is 42.3. The average Bonchev–Trinajstić information content (AvgIpc) is 2.95. The van der Waals surface area contributed by atoms with E-state index in [2.05, 4.69) is 49.6 Å². The molecule has 3 aromatic rings. The Morgan fingerprint density at radius 3 is 2.16 bits per heavy atom. The quantitative estimate of drug-likeness (QED) is 0.120. The van der Waals surface area contributed by atoms with Crippen LogP contribution in [-0.2, 0) is 25.0 Å². The molecule has 0 aliphatic rings. The van der Waals surface area contributed by atoms with Crippen LogP contribution in [0.25, 0.3) is 12.2 Å². The first kappa shape index (κ1) is 35.3. The number of methoxy groups -OCH3 is 1. The van der Waals surface area contributed by atoms with E-state index in [1.807, 2.05) is 42.5 Å². The lowest BCUT2D eigenvalue weighted by Crippen LogP contribution is -2.23. The number of carbonyl (C=O) groups excluding carboxylic acids is 1. The second-order valence-corrected chi connectivity index (χ2v) is 25.5. The number of aromatic nitrogens is 1. The molecule has 0 radical (unpaired) electrons. The highest BCUT2D eigenvalue weighted by Gasteiger charge is 2.32. The van der Waals surface area contributed by atoms with Crippen LogP contribution in [0.4, 0.5) is 10.5 Å². The van der Waals surface area contributed by atoms with Crippen LogP contribution in [-0.4, -0.2) is 47.5 Å². The summed E-state index contributed by atoms with van der Waals surface area (Å²) in [6.07, 6.45) is 4.69. The van der Waals surface area contributed by atoms with Crippen molar-refractivity contribution >= 4 is 47.9 Å². The molecule has 9 nitrogen and oxygen atoms in total. The third-order valence-corrected chi connectivity index (χ3v) is 11.2. The van der Waals surface area contributed by atoms with E-state index < -0.39 is 30.1 Å². The Balaban J connectivity index is 1.74. The summed E-state index contributed by atoms with van der Waals surface area (Å²) in [5.74, 6) is 0.738. The Bertz CT molecular complexity index is 1420. The number of carbonyl (C=O) groups is 1. The molecule has 0 aliphatic carbocycles. The Morgan fingerprint density at radius 1 is 0.886 bits per heavy atom. The number of rotatable bonds is 16. The highest BCUT2D eigenvalue weighted by molar-refractivity contribution is 7.49. The third-order valence-electron chi connectivity index (χ3n) is 6.35. The van der Waals surface area contributed by atoms with Gasteiger partial charge >= 0.3 is 13.9 Å². The Labute approximate surface area is 263 Å². The predicted octanol–water partition coefficient (Wildman–Crippen LogP) is 9.21. The second-order valence-electron chi connectivity index (χ2n) is 12.7. The molecular weight excluding hydrogens is 612 g/mol. The van der Waals surface area contributed by atoms with Crippen molar-refractivity contribution in [2.75, 3.05) is 25.6 Å². The van der Waals surface area contributed by atoms with Gasteiger partial charge in [0.1, 0.15) is 18.1 Å². The van der Waals surface area contributed by atoms with Crippen molar-refractivity contribution in [1.29, 1.82) is 0 Å². The van der Waals surface area contributed by atoms with Crippen LogP contribution in [0.1, 0.15) is 16.8 Å². The molecule has 1 heterocycles. The van der Waals surface area contributed by atoms with Gasteiger partial charge in [-0.05, 0) is 54.1 Å². The maximum absolute atomic E-state index is 13.8. The number of nitrogens with one attached hydrogen (secondary N) is 1. The van der Waals surface area contributed by atoms with Gasteiger partial charge in [-0.25, -0.2) is 9.36 Å². The summed E-state index contributed by atoms with van der Waals surface area (Å²) in [6.45, 7) is 13.6. The van der Waals surface area contributed by atoms with Crippen LogP contribution >= 0.6 is 7.82 Å². The van der Waals surface area contributed by atoms with E-state index in [-0.39, 0.29) is 25.6 Å². The van der Waals surface area contributed by atoms with Crippen LogP contribution in [0.5, 0.6) is 11.5 Å². The number of phosphoric acid groups is 1. The van der Waals surface area contributed by atoms with Gasteiger partial charge in [-0.15, -0.1) is 0 Å². The standard InChI is InChI=1S/C32H45N2O7PSi2/c1-37-28-16-18-31(41-42(36,39-20-22-43(2,3)4)40-21-23-44(5,6)7)27(24-28)25-38-32(35)34-30-14-11-19-33-29(30)17-15-26-12-9-8-10-13-26/h8-19,24H,20-23,25H2,1-7H3,(H,34,35). The fraction of sp³-hybridized carbons (Fsp3) is 0.375. The Hall–Kier alpha value is -3.22. The zero-order valence-corrected chi connectivity index (χ0v) is 29.7. The van der Waals surface area contributed by atoms with E-state index in [1.165, 1.54) is 7.11 Å². The molecule has 0 aliphatic heterocycles. The minimum atomic E-state index is -3.97. The molecule has 12 heteroatoms. The van der Waals surface area contributed by atoms with Crippen LogP contribution in [0.3, 0.4) is 0 Å². The minimum absolute atomic E-state index is 0.183. The summed E-state index contributed by atoms with van der Waals surface area (Å²) in [5, 5.41) is 2.75. The number of anilines is 1. The van der Waals surface area contributed by atoms with E-state index >= 15 is 0 Å². The maximum atomic E-state index is 13.8. The molecule has 0 atom stereocenters. The van der Waals surface area contributed by atoms with E-state index in [9.17, 15) is 9.36 Å². The molecule has 0 bridgehead atoms. The van der Waals surface area contributed by atoms with Crippen molar-refractivity contribution in [2.24, 2.45) is 0 Å². The monoisotopic (exact) mass is 656 g/mol. The second kappa shape index (κ2) is 16.2. The zero-order chi connectivity index (χ0) is 32.2. The van der Waals surface area contributed by atoms with Gasteiger partial charge in [-0.1, -0.05) is 75.7 Å². The topological polar surface area (TPSA) is 105 Å². The highest BCUT2D eigenvalue weighted by Crippen LogP contribution is 2.51. The lowest BCUT2D eigenvalue weighted by atomic mass is 10.2. The van der Waals surface area contributed by atoms with Gasteiger partial charge in [0.05, 0.1) is 31.7 Å². The van der Waals surface area contributed by atoms with Crippen molar-refractivity contribution in [3.63, 3.8) is 0 Å². The molecule has 0 spiro atoms. The lowest BCUT2D eigenvalue weighted by molar-refractivity contribution is 0.151. The molecule has 1 N–H and O–H groups in total.